The van der Waals surface area contributed by atoms with Crippen LogP contribution in [0.1, 0.15) is 24.2 Å². The molecule has 2 unspecified atom stereocenters. The van der Waals surface area contributed by atoms with Gasteiger partial charge in [0.1, 0.15) is 0 Å². The average Bonchev–Trinajstić information content (AvgIpc) is 3.32. The van der Waals surface area contributed by atoms with E-state index in [-0.39, 0.29) is 29.5 Å². The van der Waals surface area contributed by atoms with Crippen molar-refractivity contribution < 1.29 is 18.0 Å². The summed E-state index contributed by atoms with van der Waals surface area (Å²) >= 11 is 0. The van der Waals surface area contributed by atoms with Gasteiger partial charge in [-0.15, -0.1) is 0 Å². The maximum absolute atomic E-state index is 13.8. The molecule has 2 aromatic rings. The van der Waals surface area contributed by atoms with E-state index in [0.29, 0.717) is 24.4 Å². The molecule has 3 aliphatic rings. The van der Waals surface area contributed by atoms with Gasteiger partial charge in [-0.1, -0.05) is 6.08 Å². The van der Waals surface area contributed by atoms with Crippen molar-refractivity contribution in [1.29, 1.82) is 0 Å². The molecule has 1 aromatic carbocycles. The van der Waals surface area contributed by atoms with Gasteiger partial charge in [0.2, 0.25) is 5.91 Å². The fourth-order valence-electron chi connectivity index (χ4n) is 4.68. The summed E-state index contributed by atoms with van der Waals surface area (Å²) in [6.07, 6.45) is 9.52. The van der Waals surface area contributed by atoms with Gasteiger partial charge in [0.15, 0.2) is 17.5 Å². The fourth-order valence-corrected chi connectivity index (χ4v) is 4.68. The number of aromatic nitrogens is 2. The number of fused-ring (bicyclic) bond motifs is 2. The fraction of sp³-hybridized carbons (Fsp3) is 0.318. The number of benzene rings is 1. The Morgan fingerprint density at radius 1 is 1.16 bits per heavy atom. The van der Waals surface area contributed by atoms with Gasteiger partial charge < -0.3 is 9.80 Å². The number of hydrogen-bond donors (Lipinski definition) is 0. The predicted molar refractivity (Wildman–Crippen MR) is 108 cm³/mol. The van der Waals surface area contributed by atoms with Gasteiger partial charge in [0.25, 0.3) is 0 Å². The molecule has 0 fully saturated rings. The minimum absolute atomic E-state index is 0.0188. The zero-order valence-electron chi connectivity index (χ0n) is 17.0. The first-order valence-corrected chi connectivity index (χ1v) is 10.0. The molecule has 1 amide bonds. The molecule has 31 heavy (non-hydrogen) atoms. The molecule has 0 aliphatic carbocycles. The van der Waals surface area contributed by atoms with E-state index >= 15 is 0 Å². The van der Waals surface area contributed by atoms with Crippen molar-refractivity contribution in [1.82, 2.24) is 19.6 Å². The number of carbonyl (C=O) groups excluding carboxylic acids is 1. The number of aryl methyl sites for hydroxylation is 1. The van der Waals surface area contributed by atoms with Crippen LogP contribution in [-0.2, 0) is 18.3 Å². The quantitative estimate of drug-likeness (QED) is 0.691. The van der Waals surface area contributed by atoms with Crippen molar-refractivity contribution in [3.05, 3.63) is 65.5 Å². The molecular weight excluding hydrogens is 407 g/mol. The summed E-state index contributed by atoms with van der Waals surface area (Å²) in [5.41, 5.74) is 2.25. The SMILES string of the molecule is C[C@H]1c2nn(C)c(-c3cc(F)c(F)c(F)c3)c2CCN1C(=O)C1C=CN2C=CN=CC12. The van der Waals surface area contributed by atoms with Crippen LogP contribution in [0, 0.1) is 23.4 Å². The molecule has 0 saturated carbocycles. The van der Waals surface area contributed by atoms with E-state index in [9.17, 15) is 18.0 Å². The normalized spacial score (nSPS) is 24.0. The highest BCUT2D eigenvalue weighted by Crippen LogP contribution is 2.37. The van der Waals surface area contributed by atoms with E-state index in [1.165, 1.54) is 4.68 Å². The van der Waals surface area contributed by atoms with Gasteiger partial charge in [-0.25, -0.2) is 13.2 Å². The second-order valence-corrected chi connectivity index (χ2v) is 7.95. The van der Waals surface area contributed by atoms with E-state index in [1.807, 2.05) is 30.3 Å². The maximum atomic E-state index is 13.8. The zero-order valence-corrected chi connectivity index (χ0v) is 17.0. The number of aliphatic imine (C=N–C) groups is 1. The lowest BCUT2D eigenvalue weighted by Gasteiger charge is -2.36. The largest absolute Gasteiger partial charge is 0.344 e. The van der Waals surface area contributed by atoms with E-state index in [0.717, 1.165) is 17.7 Å². The molecule has 1 aromatic heterocycles. The van der Waals surface area contributed by atoms with Gasteiger partial charge in [0.05, 0.1) is 29.4 Å². The monoisotopic (exact) mass is 427 g/mol. The highest BCUT2D eigenvalue weighted by Gasteiger charge is 2.40. The molecule has 160 valence electrons. The van der Waals surface area contributed by atoms with Gasteiger partial charge >= 0.3 is 0 Å². The van der Waals surface area contributed by atoms with Gasteiger partial charge in [0, 0.05) is 49.5 Å². The number of hydrogen-bond acceptors (Lipinski definition) is 4. The molecule has 0 N–H and O–H groups in total. The predicted octanol–water partition coefficient (Wildman–Crippen LogP) is 3.32. The summed E-state index contributed by atoms with van der Waals surface area (Å²) in [5.74, 6) is -4.35. The molecule has 0 bridgehead atoms. The lowest BCUT2D eigenvalue weighted by molar-refractivity contribution is -0.137. The third-order valence-electron chi connectivity index (χ3n) is 6.21. The van der Waals surface area contributed by atoms with Crippen LogP contribution in [0.25, 0.3) is 11.3 Å². The minimum atomic E-state index is -1.50. The van der Waals surface area contributed by atoms with Crippen molar-refractivity contribution in [2.45, 2.75) is 25.4 Å². The van der Waals surface area contributed by atoms with Crippen molar-refractivity contribution in [2.75, 3.05) is 6.54 Å². The highest BCUT2D eigenvalue weighted by atomic mass is 19.2. The Kier molecular flexibility index (Phi) is 4.49. The molecule has 4 heterocycles. The third-order valence-corrected chi connectivity index (χ3v) is 6.21. The first-order chi connectivity index (χ1) is 14.9. The van der Waals surface area contributed by atoms with E-state index in [2.05, 4.69) is 10.1 Å². The number of halogens is 3. The van der Waals surface area contributed by atoms with Crippen LogP contribution in [-0.4, -0.2) is 44.3 Å². The molecule has 0 radical (unpaired) electrons. The Morgan fingerprint density at radius 2 is 1.90 bits per heavy atom. The Bertz CT molecular complexity index is 1150. The first-order valence-electron chi connectivity index (χ1n) is 10.0. The van der Waals surface area contributed by atoms with E-state index < -0.39 is 17.5 Å². The summed E-state index contributed by atoms with van der Waals surface area (Å²) < 4.78 is 42.6. The lowest BCUT2D eigenvalue weighted by atomic mass is 9.93. The van der Waals surface area contributed by atoms with Crippen LogP contribution < -0.4 is 0 Å². The molecule has 0 saturated heterocycles. The maximum Gasteiger partial charge on any atom is 0.232 e. The van der Waals surface area contributed by atoms with Crippen LogP contribution >= 0.6 is 0 Å². The summed E-state index contributed by atoms with van der Waals surface area (Å²) in [7, 11) is 1.67. The van der Waals surface area contributed by atoms with Crippen molar-refractivity contribution in [2.24, 2.45) is 18.0 Å². The second-order valence-electron chi connectivity index (χ2n) is 7.95. The zero-order chi connectivity index (χ0) is 21.9. The molecule has 9 heteroatoms. The van der Waals surface area contributed by atoms with E-state index in [1.54, 1.807) is 24.4 Å². The molecule has 3 aliphatic heterocycles. The van der Waals surface area contributed by atoms with Crippen LogP contribution in [0.5, 0.6) is 0 Å². The third kappa shape index (κ3) is 2.98. The first kappa shape index (κ1) is 19.6. The van der Waals surface area contributed by atoms with Crippen molar-refractivity contribution in [3.63, 3.8) is 0 Å². The Labute approximate surface area is 177 Å². The molecule has 0 spiro atoms. The van der Waals surface area contributed by atoms with Crippen molar-refractivity contribution in [3.8, 4) is 11.3 Å². The Balaban J connectivity index is 1.46. The summed E-state index contributed by atoms with van der Waals surface area (Å²) in [5, 5.41) is 4.55. The van der Waals surface area contributed by atoms with Crippen LogP contribution in [0.15, 0.2) is 41.8 Å². The Hall–Kier alpha value is -3.36. The summed E-state index contributed by atoms with van der Waals surface area (Å²) in [6, 6.07) is 1.50. The van der Waals surface area contributed by atoms with Gasteiger partial charge in [-0.2, -0.15) is 5.10 Å². The number of amides is 1. The molecule has 3 atom stereocenters. The minimum Gasteiger partial charge on any atom is -0.344 e. The second kappa shape index (κ2) is 7.11. The van der Waals surface area contributed by atoms with Crippen molar-refractivity contribution >= 4 is 12.1 Å². The molecular formula is C22H20F3N5O. The molecule has 6 nitrogen and oxygen atoms in total. The Morgan fingerprint density at radius 3 is 2.65 bits per heavy atom. The van der Waals surface area contributed by atoms with Gasteiger partial charge in [-0.05, 0) is 25.5 Å². The van der Waals surface area contributed by atoms with Crippen LogP contribution in [0.3, 0.4) is 0 Å². The number of rotatable bonds is 2. The highest BCUT2D eigenvalue weighted by molar-refractivity contribution is 5.88. The number of carbonyl (C=O) groups is 1. The summed E-state index contributed by atoms with van der Waals surface area (Å²) in [6.45, 7) is 2.34. The van der Waals surface area contributed by atoms with E-state index in [4.69, 9.17) is 0 Å². The van der Waals surface area contributed by atoms with Gasteiger partial charge in [-0.3, -0.25) is 14.5 Å². The summed E-state index contributed by atoms with van der Waals surface area (Å²) in [4.78, 5) is 21.2. The average molecular weight is 427 g/mol. The molecule has 5 rings (SSSR count). The number of nitrogens with zero attached hydrogens (tertiary/aromatic N) is 5. The van der Waals surface area contributed by atoms with Crippen LogP contribution in [0.4, 0.5) is 13.2 Å². The lowest BCUT2D eigenvalue weighted by Crippen LogP contribution is -2.46. The van der Waals surface area contributed by atoms with Crippen LogP contribution in [0.2, 0.25) is 0 Å². The standard InChI is InChI=1S/C22H20F3N5O/c1-12-20-15(21(28(2)27-20)13-9-16(23)19(25)17(24)10-13)4-7-30(12)22(31)14-3-6-29-8-5-26-11-18(14)29/h3,5-6,8-12,14,18H,4,7H2,1-2H3/t12-,14?,18?/m0/s1. The topological polar surface area (TPSA) is 53.7 Å². The smallest absolute Gasteiger partial charge is 0.232 e.